The highest BCUT2D eigenvalue weighted by atomic mass is 19.1. The zero-order chi connectivity index (χ0) is 20.0. The van der Waals surface area contributed by atoms with Crippen molar-refractivity contribution in [2.75, 3.05) is 5.32 Å². The highest BCUT2D eigenvalue weighted by Crippen LogP contribution is 2.35. The van der Waals surface area contributed by atoms with Crippen LogP contribution in [-0.4, -0.2) is 20.4 Å². The number of hydrogen-bond acceptors (Lipinski definition) is 3. The first-order chi connectivity index (χ1) is 14.1. The van der Waals surface area contributed by atoms with Crippen molar-refractivity contribution < 1.29 is 9.18 Å². The highest BCUT2D eigenvalue weighted by Gasteiger charge is 2.23. The van der Waals surface area contributed by atoms with Crippen LogP contribution in [0.15, 0.2) is 59.7 Å². The number of aromatic amines is 1. The summed E-state index contributed by atoms with van der Waals surface area (Å²) in [4.78, 5) is 31.4. The Hall–Kier alpha value is -3.94. The lowest BCUT2D eigenvalue weighted by molar-refractivity contribution is 0.251. The first-order valence-corrected chi connectivity index (χ1v) is 9.10. The van der Waals surface area contributed by atoms with Gasteiger partial charge in [-0.3, -0.25) is 9.20 Å². The van der Waals surface area contributed by atoms with Crippen LogP contribution in [0.25, 0.3) is 16.9 Å². The molecular weight excluding hydrogens is 373 g/mol. The minimum absolute atomic E-state index is 0.0920. The molecule has 144 valence electrons. The summed E-state index contributed by atoms with van der Waals surface area (Å²) in [6.07, 6.45) is 3.98. The third-order valence-corrected chi connectivity index (χ3v) is 5.05. The molecule has 4 aromatic rings. The second-order valence-electron chi connectivity index (χ2n) is 6.84. The van der Waals surface area contributed by atoms with E-state index in [1.54, 1.807) is 41.1 Å². The molecule has 2 amide bonds. The van der Waals surface area contributed by atoms with Gasteiger partial charge in [-0.05, 0) is 23.8 Å². The van der Waals surface area contributed by atoms with Crippen molar-refractivity contribution >= 4 is 17.4 Å². The van der Waals surface area contributed by atoms with Crippen LogP contribution < -0.4 is 16.2 Å². The number of carbonyl (C=O) groups is 1. The Labute approximate surface area is 164 Å². The van der Waals surface area contributed by atoms with Crippen LogP contribution in [0.2, 0.25) is 0 Å². The SMILES string of the molecule is O=C(NCc1ccccc1F)Nc1ccc2c(c1)Cc1c-2[nH]c(=O)c2nccn12. The summed E-state index contributed by atoms with van der Waals surface area (Å²) in [5, 5.41) is 5.42. The van der Waals surface area contributed by atoms with Crippen molar-refractivity contribution in [3.8, 4) is 11.3 Å². The van der Waals surface area contributed by atoms with Crippen molar-refractivity contribution in [2.24, 2.45) is 0 Å². The molecule has 0 atom stereocenters. The zero-order valence-electron chi connectivity index (χ0n) is 15.2. The predicted octanol–water partition coefficient (Wildman–Crippen LogP) is 3.05. The van der Waals surface area contributed by atoms with Gasteiger partial charge in [-0.25, -0.2) is 14.2 Å². The molecule has 29 heavy (non-hydrogen) atoms. The average molecular weight is 389 g/mol. The molecule has 0 radical (unpaired) electrons. The molecule has 2 aromatic carbocycles. The lowest BCUT2D eigenvalue weighted by Gasteiger charge is -2.09. The second kappa shape index (κ2) is 6.59. The average Bonchev–Trinajstić information content (AvgIpc) is 3.32. The Morgan fingerprint density at radius 2 is 2.10 bits per heavy atom. The second-order valence-corrected chi connectivity index (χ2v) is 6.84. The van der Waals surface area contributed by atoms with Crippen LogP contribution in [-0.2, 0) is 13.0 Å². The number of fused-ring (bicyclic) bond motifs is 5. The van der Waals surface area contributed by atoms with Crippen LogP contribution >= 0.6 is 0 Å². The number of imidazole rings is 1. The highest BCUT2D eigenvalue weighted by molar-refractivity contribution is 5.90. The molecule has 1 aliphatic rings. The van der Waals surface area contributed by atoms with Gasteiger partial charge in [-0.2, -0.15) is 0 Å². The van der Waals surface area contributed by atoms with Gasteiger partial charge in [0, 0.05) is 42.2 Å². The fourth-order valence-electron chi connectivity index (χ4n) is 3.68. The van der Waals surface area contributed by atoms with E-state index in [0.29, 0.717) is 23.3 Å². The number of rotatable bonds is 3. The summed E-state index contributed by atoms with van der Waals surface area (Å²) in [5.74, 6) is -0.358. The fraction of sp³-hybridized carbons (Fsp3) is 0.0952. The van der Waals surface area contributed by atoms with Gasteiger partial charge < -0.3 is 15.6 Å². The third-order valence-electron chi connectivity index (χ3n) is 5.05. The first kappa shape index (κ1) is 17.2. The number of nitrogens with zero attached hydrogens (tertiary/aromatic N) is 2. The maximum absolute atomic E-state index is 13.7. The normalized spacial score (nSPS) is 11.9. The number of anilines is 1. The number of benzene rings is 2. The standard InChI is InChI=1S/C21H16FN5O2/c22-16-4-2-1-3-12(16)11-24-21(29)25-14-5-6-15-13(9-14)10-17-18(15)26-20(28)19-23-7-8-27(17)19/h1-9H,10-11H2,(H,26,28)(H2,24,25,29). The van der Waals surface area contributed by atoms with Gasteiger partial charge >= 0.3 is 6.03 Å². The van der Waals surface area contributed by atoms with E-state index in [0.717, 1.165) is 22.5 Å². The molecule has 5 rings (SSSR count). The Balaban J connectivity index is 1.35. The number of aromatic nitrogens is 3. The molecule has 0 fully saturated rings. The van der Waals surface area contributed by atoms with Crippen LogP contribution in [0, 0.1) is 5.82 Å². The first-order valence-electron chi connectivity index (χ1n) is 9.10. The van der Waals surface area contributed by atoms with Crippen molar-refractivity contribution in [2.45, 2.75) is 13.0 Å². The van der Waals surface area contributed by atoms with Crippen molar-refractivity contribution in [3.63, 3.8) is 0 Å². The van der Waals surface area contributed by atoms with Gasteiger partial charge in [0.25, 0.3) is 5.56 Å². The summed E-state index contributed by atoms with van der Waals surface area (Å²) < 4.78 is 15.5. The molecule has 0 unspecified atom stereocenters. The molecule has 0 saturated heterocycles. The summed E-state index contributed by atoms with van der Waals surface area (Å²) >= 11 is 0. The van der Waals surface area contributed by atoms with E-state index in [4.69, 9.17) is 0 Å². The molecule has 0 aliphatic heterocycles. The molecule has 2 aromatic heterocycles. The van der Waals surface area contributed by atoms with E-state index in [9.17, 15) is 14.0 Å². The predicted molar refractivity (Wildman–Crippen MR) is 106 cm³/mol. The Morgan fingerprint density at radius 3 is 2.97 bits per heavy atom. The number of carbonyl (C=O) groups excluding carboxylic acids is 1. The summed E-state index contributed by atoms with van der Waals surface area (Å²) in [5.41, 5.74) is 4.79. The van der Waals surface area contributed by atoms with Gasteiger partial charge in [0.2, 0.25) is 5.65 Å². The van der Waals surface area contributed by atoms with Crippen molar-refractivity contribution in [1.29, 1.82) is 0 Å². The number of halogens is 1. The number of urea groups is 1. The van der Waals surface area contributed by atoms with E-state index >= 15 is 0 Å². The largest absolute Gasteiger partial charge is 0.334 e. The smallest absolute Gasteiger partial charge is 0.319 e. The van der Waals surface area contributed by atoms with E-state index in [2.05, 4.69) is 20.6 Å². The summed E-state index contributed by atoms with van der Waals surface area (Å²) in [6, 6.07) is 11.4. The number of hydrogen-bond donors (Lipinski definition) is 3. The Bertz CT molecular complexity index is 1320. The Morgan fingerprint density at radius 1 is 1.24 bits per heavy atom. The molecule has 7 nitrogen and oxygen atoms in total. The maximum Gasteiger partial charge on any atom is 0.319 e. The van der Waals surface area contributed by atoms with E-state index in [-0.39, 0.29) is 17.9 Å². The van der Waals surface area contributed by atoms with Crippen molar-refractivity contribution in [1.82, 2.24) is 19.7 Å². The number of nitrogens with one attached hydrogen (secondary N) is 3. The van der Waals surface area contributed by atoms with Crippen LogP contribution in [0.3, 0.4) is 0 Å². The molecule has 8 heteroatoms. The van der Waals surface area contributed by atoms with Crippen molar-refractivity contribution in [3.05, 3.63) is 87.9 Å². The molecule has 0 saturated carbocycles. The molecule has 0 bridgehead atoms. The van der Waals surface area contributed by atoms with Gasteiger partial charge in [-0.1, -0.05) is 24.3 Å². The zero-order valence-corrected chi connectivity index (χ0v) is 15.2. The fourth-order valence-corrected chi connectivity index (χ4v) is 3.68. The molecular formula is C21H16FN5O2. The van der Waals surface area contributed by atoms with Crippen LogP contribution in [0.1, 0.15) is 16.8 Å². The summed E-state index contributed by atoms with van der Waals surface area (Å²) in [6.45, 7) is 0.0920. The monoisotopic (exact) mass is 389 g/mol. The summed E-state index contributed by atoms with van der Waals surface area (Å²) in [7, 11) is 0. The quantitative estimate of drug-likeness (QED) is 0.443. The molecule has 2 heterocycles. The van der Waals surface area contributed by atoms with E-state index in [1.165, 1.54) is 6.07 Å². The molecule has 1 aliphatic carbocycles. The van der Waals surface area contributed by atoms with Gasteiger partial charge in [0.1, 0.15) is 5.82 Å². The number of H-pyrrole nitrogens is 1. The van der Waals surface area contributed by atoms with Gasteiger partial charge in [0.15, 0.2) is 0 Å². The molecule has 3 N–H and O–H groups in total. The van der Waals surface area contributed by atoms with Crippen LogP contribution in [0.4, 0.5) is 14.9 Å². The topological polar surface area (TPSA) is 91.3 Å². The van der Waals surface area contributed by atoms with E-state index < -0.39 is 6.03 Å². The minimum atomic E-state index is -0.422. The minimum Gasteiger partial charge on any atom is -0.334 e. The third kappa shape index (κ3) is 2.94. The maximum atomic E-state index is 13.7. The molecule has 0 spiro atoms. The van der Waals surface area contributed by atoms with Crippen LogP contribution in [0.5, 0.6) is 0 Å². The lowest BCUT2D eigenvalue weighted by atomic mass is 10.1. The van der Waals surface area contributed by atoms with E-state index in [1.807, 2.05) is 12.1 Å². The lowest BCUT2D eigenvalue weighted by Crippen LogP contribution is -2.28. The number of amides is 2. The Kier molecular flexibility index (Phi) is 3.90. The van der Waals surface area contributed by atoms with Gasteiger partial charge in [0.05, 0.1) is 11.4 Å². The van der Waals surface area contributed by atoms with Gasteiger partial charge in [-0.15, -0.1) is 0 Å².